The Balaban J connectivity index is 2.58. The molecule has 0 unspecified atom stereocenters. The molecule has 2 rings (SSSR count). The monoisotopic (exact) mass is 247 g/mol. The summed E-state index contributed by atoms with van der Waals surface area (Å²) in [5.74, 6) is 0.819. The highest BCUT2D eigenvalue weighted by molar-refractivity contribution is 5.88. The third-order valence-electron chi connectivity index (χ3n) is 2.53. The molecule has 2 aromatic rings. The van der Waals surface area contributed by atoms with Crippen LogP contribution in [0.4, 0.5) is 0 Å². The Bertz CT molecular complexity index is 605. The molecule has 0 atom stereocenters. The summed E-state index contributed by atoms with van der Waals surface area (Å²) in [5, 5.41) is 13.2. The van der Waals surface area contributed by atoms with Crippen LogP contribution < -0.4 is 4.74 Å². The number of aryl methyl sites for hydroxylation is 2. The average Bonchev–Trinajstić information content (AvgIpc) is 2.67. The maximum atomic E-state index is 10.9. The summed E-state index contributed by atoms with van der Waals surface area (Å²) in [6, 6.07) is 4.63. The van der Waals surface area contributed by atoms with E-state index in [-0.39, 0.29) is 5.56 Å². The molecular formula is C12H13N3O3. The Morgan fingerprint density at radius 3 is 2.61 bits per heavy atom. The number of methoxy groups -OCH3 is 1. The van der Waals surface area contributed by atoms with E-state index in [9.17, 15) is 4.79 Å². The van der Waals surface area contributed by atoms with Gasteiger partial charge in [-0.15, -0.1) is 0 Å². The molecule has 0 saturated carbocycles. The third kappa shape index (κ3) is 2.04. The van der Waals surface area contributed by atoms with E-state index < -0.39 is 5.97 Å². The smallest absolute Gasteiger partial charge is 0.335 e. The van der Waals surface area contributed by atoms with Crippen LogP contribution in [0.2, 0.25) is 0 Å². The van der Waals surface area contributed by atoms with Crippen LogP contribution >= 0.6 is 0 Å². The Labute approximate surface area is 104 Å². The van der Waals surface area contributed by atoms with Crippen molar-refractivity contribution < 1.29 is 14.6 Å². The van der Waals surface area contributed by atoms with Gasteiger partial charge in [-0.3, -0.25) is 0 Å². The predicted octanol–water partition coefficient (Wildman–Crippen LogP) is 1.59. The summed E-state index contributed by atoms with van der Waals surface area (Å²) >= 11 is 0. The maximum Gasteiger partial charge on any atom is 0.335 e. The Kier molecular flexibility index (Phi) is 3.01. The lowest BCUT2D eigenvalue weighted by Crippen LogP contribution is -2.04. The number of hydrogen-bond acceptors (Lipinski definition) is 4. The molecule has 1 N–H and O–H groups in total. The van der Waals surface area contributed by atoms with Gasteiger partial charge in [-0.2, -0.15) is 5.10 Å². The second-order valence-corrected chi connectivity index (χ2v) is 3.81. The summed E-state index contributed by atoms with van der Waals surface area (Å²) in [4.78, 5) is 15.1. The van der Waals surface area contributed by atoms with Crippen LogP contribution in [0.15, 0.2) is 18.2 Å². The number of carboxylic acids is 1. The summed E-state index contributed by atoms with van der Waals surface area (Å²) in [6.45, 7) is 3.62. The number of carbonyl (C=O) groups is 1. The Morgan fingerprint density at radius 1 is 1.39 bits per heavy atom. The molecule has 0 bridgehead atoms. The lowest BCUT2D eigenvalue weighted by molar-refractivity contribution is 0.0696. The van der Waals surface area contributed by atoms with Crippen LogP contribution in [-0.4, -0.2) is 33.0 Å². The van der Waals surface area contributed by atoms with Crippen molar-refractivity contribution in [3.8, 4) is 11.4 Å². The molecule has 0 aliphatic rings. The second kappa shape index (κ2) is 4.48. The molecular weight excluding hydrogens is 234 g/mol. The lowest BCUT2D eigenvalue weighted by atomic mass is 10.2. The number of carboxylic acid groups (broad SMARTS) is 1. The van der Waals surface area contributed by atoms with E-state index in [1.54, 1.807) is 17.7 Å². The minimum Gasteiger partial charge on any atom is -0.494 e. The van der Waals surface area contributed by atoms with Gasteiger partial charge in [-0.25, -0.2) is 14.5 Å². The first-order chi connectivity index (χ1) is 8.52. The minimum absolute atomic E-state index is 0.171. The van der Waals surface area contributed by atoms with E-state index in [1.165, 1.54) is 19.2 Å². The molecule has 0 fully saturated rings. The van der Waals surface area contributed by atoms with Crippen LogP contribution in [0.25, 0.3) is 5.69 Å². The number of ether oxygens (including phenoxy) is 1. The summed E-state index contributed by atoms with van der Waals surface area (Å²) in [7, 11) is 1.49. The number of aromatic nitrogens is 3. The molecule has 0 radical (unpaired) electrons. The Hall–Kier alpha value is -2.37. The fourth-order valence-corrected chi connectivity index (χ4v) is 1.73. The second-order valence-electron chi connectivity index (χ2n) is 3.81. The van der Waals surface area contributed by atoms with Gasteiger partial charge in [0.2, 0.25) is 0 Å². The van der Waals surface area contributed by atoms with E-state index in [2.05, 4.69) is 10.1 Å². The summed E-state index contributed by atoms with van der Waals surface area (Å²) in [5.41, 5.74) is 0.839. The molecule has 94 valence electrons. The largest absolute Gasteiger partial charge is 0.494 e. The highest BCUT2D eigenvalue weighted by atomic mass is 16.5. The van der Waals surface area contributed by atoms with Crippen LogP contribution in [0.1, 0.15) is 22.0 Å². The van der Waals surface area contributed by atoms with Gasteiger partial charge in [-0.1, -0.05) is 0 Å². The minimum atomic E-state index is -0.994. The molecule has 0 saturated heterocycles. The lowest BCUT2D eigenvalue weighted by Gasteiger charge is -2.10. The van der Waals surface area contributed by atoms with E-state index in [1.807, 2.05) is 6.92 Å². The number of nitrogens with zero attached hydrogens (tertiary/aromatic N) is 3. The Morgan fingerprint density at radius 2 is 2.11 bits per heavy atom. The van der Waals surface area contributed by atoms with E-state index >= 15 is 0 Å². The van der Waals surface area contributed by atoms with Crippen LogP contribution in [0.5, 0.6) is 5.75 Å². The quantitative estimate of drug-likeness (QED) is 0.891. The maximum absolute atomic E-state index is 10.9. The van der Waals surface area contributed by atoms with Crippen molar-refractivity contribution in [1.82, 2.24) is 14.8 Å². The normalized spacial score (nSPS) is 10.4. The van der Waals surface area contributed by atoms with Gasteiger partial charge in [0.05, 0.1) is 12.7 Å². The fraction of sp³-hybridized carbons (Fsp3) is 0.250. The van der Waals surface area contributed by atoms with Gasteiger partial charge in [0.25, 0.3) is 0 Å². The molecule has 0 spiro atoms. The SMILES string of the molecule is COc1cc(C(=O)O)ccc1-n1nc(C)nc1C. The highest BCUT2D eigenvalue weighted by Gasteiger charge is 2.13. The highest BCUT2D eigenvalue weighted by Crippen LogP contribution is 2.24. The number of rotatable bonds is 3. The molecule has 18 heavy (non-hydrogen) atoms. The standard InChI is InChI=1S/C12H13N3O3/c1-7-13-8(2)15(14-7)10-5-4-9(12(16)17)6-11(10)18-3/h4-6H,1-3H3,(H,16,17). The number of benzene rings is 1. The fourth-order valence-electron chi connectivity index (χ4n) is 1.73. The first kappa shape index (κ1) is 12.1. The van der Waals surface area contributed by atoms with Crippen molar-refractivity contribution in [3.05, 3.63) is 35.4 Å². The van der Waals surface area contributed by atoms with Crippen molar-refractivity contribution in [1.29, 1.82) is 0 Å². The first-order valence-electron chi connectivity index (χ1n) is 5.35. The number of hydrogen-bond donors (Lipinski definition) is 1. The molecule has 0 aliphatic carbocycles. The summed E-state index contributed by atoms with van der Waals surface area (Å²) in [6.07, 6.45) is 0. The van der Waals surface area contributed by atoms with Gasteiger partial charge in [0, 0.05) is 0 Å². The summed E-state index contributed by atoms with van der Waals surface area (Å²) < 4.78 is 6.83. The average molecular weight is 247 g/mol. The van der Waals surface area contributed by atoms with Gasteiger partial charge >= 0.3 is 5.97 Å². The molecule has 0 aliphatic heterocycles. The van der Waals surface area contributed by atoms with Gasteiger partial charge in [0.15, 0.2) is 0 Å². The van der Waals surface area contributed by atoms with Crippen molar-refractivity contribution in [3.63, 3.8) is 0 Å². The molecule has 6 heteroatoms. The van der Waals surface area contributed by atoms with Crippen LogP contribution in [0, 0.1) is 13.8 Å². The molecule has 6 nitrogen and oxygen atoms in total. The van der Waals surface area contributed by atoms with Crippen molar-refractivity contribution in [2.45, 2.75) is 13.8 Å². The molecule has 1 heterocycles. The topological polar surface area (TPSA) is 77.2 Å². The van der Waals surface area contributed by atoms with Gasteiger partial charge in [-0.05, 0) is 32.0 Å². The van der Waals surface area contributed by atoms with Crippen molar-refractivity contribution in [2.24, 2.45) is 0 Å². The van der Waals surface area contributed by atoms with E-state index in [4.69, 9.17) is 9.84 Å². The van der Waals surface area contributed by atoms with Crippen molar-refractivity contribution >= 4 is 5.97 Å². The molecule has 1 aromatic heterocycles. The third-order valence-corrected chi connectivity index (χ3v) is 2.53. The zero-order valence-corrected chi connectivity index (χ0v) is 10.3. The molecule has 0 amide bonds. The van der Waals surface area contributed by atoms with E-state index in [0.717, 1.165) is 0 Å². The first-order valence-corrected chi connectivity index (χ1v) is 5.35. The zero-order chi connectivity index (χ0) is 13.3. The van der Waals surface area contributed by atoms with Crippen LogP contribution in [0.3, 0.4) is 0 Å². The van der Waals surface area contributed by atoms with Gasteiger partial charge in [0.1, 0.15) is 23.1 Å². The van der Waals surface area contributed by atoms with Crippen LogP contribution in [-0.2, 0) is 0 Å². The van der Waals surface area contributed by atoms with E-state index in [0.29, 0.717) is 23.1 Å². The zero-order valence-electron chi connectivity index (χ0n) is 10.3. The molecule has 1 aromatic carbocycles. The van der Waals surface area contributed by atoms with Crippen molar-refractivity contribution in [2.75, 3.05) is 7.11 Å². The number of aromatic carboxylic acids is 1. The van der Waals surface area contributed by atoms with Gasteiger partial charge < -0.3 is 9.84 Å². The predicted molar refractivity (Wildman–Crippen MR) is 64.3 cm³/mol.